The molecule has 0 spiro atoms. The average molecular weight is 304 g/mol. The number of nitrogens with zero attached hydrogens (tertiary/aromatic N) is 1. The Labute approximate surface area is 134 Å². The molecule has 3 heteroatoms. The maximum absolute atomic E-state index is 9.53. The van der Waals surface area contributed by atoms with Crippen molar-refractivity contribution in [3.05, 3.63) is 94.2 Å². The highest BCUT2D eigenvalue weighted by molar-refractivity contribution is 7.10. The normalized spacial score (nSPS) is 12.0. The Morgan fingerprint density at radius 1 is 0.818 bits per heavy atom. The number of nitrogens with one attached hydrogen (secondary N) is 1. The second-order valence-corrected chi connectivity index (χ2v) is 5.98. The Kier molecular flexibility index (Phi) is 4.65. The van der Waals surface area contributed by atoms with Crippen molar-refractivity contribution in [3.63, 3.8) is 0 Å². The molecule has 0 aliphatic rings. The van der Waals surface area contributed by atoms with Crippen LogP contribution in [0.1, 0.15) is 28.1 Å². The van der Waals surface area contributed by atoms with Gasteiger partial charge in [0.05, 0.1) is 12.1 Å². The summed E-state index contributed by atoms with van der Waals surface area (Å²) in [5, 5.41) is 15.0. The fourth-order valence-electron chi connectivity index (χ4n) is 2.48. The monoisotopic (exact) mass is 304 g/mol. The van der Waals surface area contributed by atoms with Crippen LogP contribution in [-0.2, 0) is 0 Å². The van der Waals surface area contributed by atoms with Crippen molar-refractivity contribution in [2.75, 3.05) is 0 Å². The van der Waals surface area contributed by atoms with E-state index in [2.05, 4.69) is 35.7 Å². The lowest BCUT2D eigenvalue weighted by molar-refractivity contribution is 0.565. The van der Waals surface area contributed by atoms with Gasteiger partial charge in [0.1, 0.15) is 6.04 Å². The summed E-state index contributed by atoms with van der Waals surface area (Å²) in [5.41, 5.74) is 2.32. The molecule has 1 aromatic heterocycles. The molecule has 3 rings (SSSR count). The fourth-order valence-corrected chi connectivity index (χ4v) is 3.21. The largest absolute Gasteiger partial charge is 0.287 e. The highest BCUT2D eigenvalue weighted by Crippen LogP contribution is 2.27. The van der Waals surface area contributed by atoms with Gasteiger partial charge in [0.15, 0.2) is 0 Å². The van der Waals surface area contributed by atoms with Gasteiger partial charge < -0.3 is 0 Å². The van der Waals surface area contributed by atoms with Crippen LogP contribution in [0, 0.1) is 11.3 Å². The maximum atomic E-state index is 9.53. The second kappa shape index (κ2) is 7.04. The van der Waals surface area contributed by atoms with Crippen molar-refractivity contribution in [1.82, 2.24) is 5.32 Å². The van der Waals surface area contributed by atoms with Crippen molar-refractivity contribution in [2.24, 2.45) is 0 Å². The van der Waals surface area contributed by atoms with E-state index in [1.54, 1.807) is 11.3 Å². The minimum absolute atomic E-state index is 0.00542. The standard InChI is InChI=1S/C19H16N2S/c20-14-17(18-12-7-13-22-18)21-19(15-8-3-1-4-9-15)16-10-5-2-6-11-16/h1-13,17,19,21H. The predicted molar refractivity (Wildman–Crippen MR) is 90.5 cm³/mol. The van der Waals surface area contributed by atoms with E-state index < -0.39 is 0 Å². The third-order valence-electron chi connectivity index (χ3n) is 3.56. The molecule has 1 atom stereocenters. The van der Waals surface area contributed by atoms with Gasteiger partial charge >= 0.3 is 0 Å². The van der Waals surface area contributed by atoms with Gasteiger partial charge in [0, 0.05) is 4.88 Å². The Morgan fingerprint density at radius 3 is 1.86 bits per heavy atom. The first-order valence-electron chi connectivity index (χ1n) is 7.17. The van der Waals surface area contributed by atoms with E-state index in [0.717, 1.165) is 16.0 Å². The van der Waals surface area contributed by atoms with Crippen LogP contribution < -0.4 is 5.32 Å². The molecule has 0 radical (unpaired) electrons. The lowest BCUT2D eigenvalue weighted by atomic mass is 9.98. The fraction of sp³-hybridized carbons (Fsp3) is 0.105. The summed E-state index contributed by atoms with van der Waals surface area (Å²) in [6.07, 6.45) is 0. The Bertz CT molecular complexity index is 691. The summed E-state index contributed by atoms with van der Waals surface area (Å²) < 4.78 is 0. The summed E-state index contributed by atoms with van der Waals surface area (Å²) in [6, 6.07) is 26.5. The lowest BCUT2D eigenvalue weighted by Gasteiger charge is -2.22. The SMILES string of the molecule is N#CC(NC(c1ccccc1)c1ccccc1)c1cccs1. The number of rotatable bonds is 5. The van der Waals surface area contributed by atoms with Crippen molar-refractivity contribution in [3.8, 4) is 6.07 Å². The molecule has 1 N–H and O–H groups in total. The van der Waals surface area contributed by atoms with Crippen LogP contribution in [0.15, 0.2) is 78.2 Å². The van der Waals surface area contributed by atoms with E-state index in [9.17, 15) is 5.26 Å². The Morgan fingerprint density at radius 2 is 1.41 bits per heavy atom. The predicted octanol–water partition coefficient (Wildman–Crippen LogP) is 4.69. The van der Waals surface area contributed by atoms with Crippen LogP contribution in [0.25, 0.3) is 0 Å². The van der Waals surface area contributed by atoms with Gasteiger partial charge in [-0.2, -0.15) is 5.26 Å². The molecule has 2 aromatic carbocycles. The molecular formula is C19H16N2S. The molecule has 0 amide bonds. The highest BCUT2D eigenvalue weighted by Gasteiger charge is 2.20. The van der Waals surface area contributed by atoms with E-state index in [4.69, 9.17) is 0 Å². The molecule has 2 nitrogen and oxygen atoms in total. The van der Waals surface area contributed by atoms with Gasteiger partial charge in [0.25, 0.3) is 0 Å². The molecule has 0 fully saturated rings. The van der Waals surface area contributed by atoms with E-state index >= 15 is 0 Å². The van der Waals surface area contributed by atoms with Crippen LogP contribution in [0.3, 0.4) is 0 Å². The molecule has 0 aliphatic carbocycles. The second-order valence-electron chi connectivity index (χ2n) is 5.00. The van der Waals surface area contributed by atoms with Gasteiger partial charge in [-0.1, -0.05) is 66.7 Å². The number of hydrogen-bond acceptors (Lipinski definition) is 3. The van der Waals surface area contributed by atoms with Crippen molar-refractivity contribution in [1.29, 1.82) is 5.26 Å². The molecule has 108 valence electrons. The van der Waals surface area contributed by atoms with E-state index in [1.165, 1.54) is 0 Å². The van der Waals surface area contributed by atoms with Crippen LogP contribution in [0.5, 0.6) is 0 Å². The number of hydrogen-bond donors (Lipinski definition) is 1. The zero-order valence-corrected chi connectivity index (χ0v) is 12.8. The lowest BCUT2D eigenvalue weighted by Crippen LogP contribution is -2.26. The minimum Gasteiger partial charge on any atom is -0.287 e. The van der Waals surface area contributed by atoms with E-state index in [0.29, 0.717) is 0 Å². The molecule has 22 heavy (non-hydrogen) atoms. The van der Waals surface area contributed by atoms with Crippen molar-refractivity contribution in [2.45, 2.75) is 12.1 Å². The average Bonchev–Trinajstić information content (AvgIpc) is 3.12. The molecule has 3 aromatic rings. The van der Waals surface area contributed by atoms with E-state index in [1.807, 2.05) is 53.9 Å². The van der Waals surface area contributed by atoms with Crippen molar-refractivity contribution >= 4 is 11.3 Å². The zero-order chi connectivity index (χ0) is 15.2. The quantitative estimate of drug-likeness (QED) is 0.742. The highest BCUT2D eigenvalue weighted by atomic mass is 32.1. The third-order valence-corrected chi connectivity index (χ3v) is 4.49. The van der Waals surface area contributed by atoms with Gasteiger partial charge in [-0.3, -0.25) is 5.32 Å². The maximum Gasteiger partial charge on any atom is 0.131 e. The molecule has 0 bridgehead atoms. The smallest absolute Gasteiger partial charge is 0.131 e. The molecule has 1 heterocycles. The Hall–Kier alpha value is -2.41. The molecule has 0 saturated heterocycles. The number of benzene rings is 2. The summed E-state index contributed by atoms with van der Waals surface area (Å²) in [4.78, 5) is 1.04. The Balaban J connectivity index is 1.94. The number of thiophene rings is 1. The molecule has 1 unspecified atom stereocenters. The minimum atomic E-state index is -0.314. The molecule has 0 aliphatic heterocycles. The third kappa shape index (κ3) is 3.25. The van der Waals surface area contributed by atoms with Crippen LogP contribution in [-0.4, -0.2) is 0 Å². The first-order valence-corrected chi connectivity index (χ1v) is 8.05. The summed E-state index contributed by atoms with van der Waals surface area (Å²) in [6.45, 7) is 0. The topological polar surface area (TPSA) is 35.8 Å². The molecule has 0 saturated carbocycles. The zero-order valence-electron chi connectivity index (χ0n) is 12.0. The van der Waals surface area contributed by atoms with Gasteiger partial charge in [-0.25, -0.2) is 0 Å². The summed E-state index contributed by atoms with van der Waals surface area (Å²) in [5.74, 6) is 0. The summed E-state index contributed by atoms with van der Waals surface area (Å²) in [7, 11) is 0. The van der Waals surface area contributed by atoms with Crippen LogP contribution >= 0.6 is 11.3 Å². The first kappa shape index (κ1) is 14.5. The summed E-state index contributed by atoms with van der Waals surface area (Å²) >= 11 is 1.60. The van der Waals surface area contributed by atoms with Crippen LogP contribution in [0.4, 0.5) is 0 Å². The molecular weight excluding hydrogens is 288 g/mol. The number of nitriles is 1. The van der Waals surface area contributed by atoms with Gasteiger partial charge in [-0.05, 0) is 22.6 Å². The van der Waals surface area contributed by atoms with Gasteiger partial charge in [0.2, 0.25) is 0 Å². The van der Waals surface area contributed by atoms with E-state index in [-0.39, 0.29) is 12.1 Å². The van der Waals surface area contributed by atoms with Gasteiger partial charge in [-0.15, -0.1) is 11.3 Å². The first-order chi connectivity index (χ1) is 10.9. The van der Waals surface area contributed by atoms with Crippen molar-refractivity contribution < 1.29 is 0 Å². The van der Waals surface area contributed by atoms with Crippen LogP contribution in [0.2, 0.25) is 0 Å².